The number of aromatic nitrogens is 2. The lowest BCUT2D eigenvalue weighted by Gasteiger charge is -1.97. The number of rotatable bonds is 1. The van der Waals surface area contributed by atoms with Crippen LogP contribution in [0.3, 0.4) is 0 Å². The summed E-state index contributed by atoms with van der Waals surface area (Å²) in [6.45, 7) is 2.04. The van der Waals surface area contributed by atoms with Crippen LogP contribution in [0.1, 0.15) is 12.6 Å². The van der Waals surface area contributed by atoms with Crippen molar-refractivity contribution in [3.8, 4) is 0 Å². The van der Waals surface area contributed by atoms with Gasteiger partial charge in [-0.3, -0.25) is 0 Å². The highest BCUT2D eigenvalue weighted by atomic mass is 127. The molecule has 1 rings (SSSR count). The lowest BCUT2D eigenvalue weighted by molar-refractivity contribution is 0.982. The molecule has 0 amide bonds. The Morgan fingerprint density at radius 2 is 2.40 bits per heavy atom. The first-order valence-corrected chi connectivity index (χ1v) is 4.36. The molecule has 1 aromatic heterocycles. The van der Waals surface area contributed by atoms with E-state index in [0.717, 1.165) is 15.7 Å². The fraction of sp³-hybridized carbons (Fsp3) is 0.333. The first-order chi connectivity index (χ1) is 4.74. The second kappa shape index (κ2) is 3.48. The van der Waals surface area contributed by atoms with Gasteiger partial charge in [0.15, 0.2) is 0 Å². The molecule has 0 aromatic carbocycles. The third-order valence-corrected chi connectivity index (χ3v) is 2.21. The summed E-state index contributed by atoms with van der Waals surface area (Å²) in [6, 6.07) is 0. The minimum absolute atomic E-state index is 0.331. The van der Waals surface area contributed by atoms with Crippen molar-refractivity contribution in [3.63, 3.8) is 0 Å². The van der Waals surface area contributed by atoms with E-state index in [1.54, 1.807) is 6.20 Å². The normalized spacial score (nSPS) is 9.90. The average Bonchev–Trinajstić information content (AvgIpc) is 1.94. The lowest BCUT2D eigenvalue weighted by atomic mass is 10.3. The Kier molecular flexibility index (Phi) is 2.85. The summed E-state index contributed by atoms with van der Waals surface area (Å²) in [6.07, 6.45) is 2.63. The molecule has 0 unspecified atom stereocenters. The maximum atomic E-state index is 5.57. The predicted molar refractivity (Wildman–Crippen MR) is 49.1 cm³/mol. The van der Waals surface area contributed by atoms with Crippen molar-refractivity contribution in [2.24, 2.45) is 0 Å². The van der Waals surface area contributed by atoms with Crippen LogP contribution in [0, 0.1) is 3.57 Å². The highest BCUT2D eigenvalue weighted by Gasteiger charge is 1.99. The number of hydrogen-bond acceptors (Lipinski definition) is 2. The summed E-state index contributed by atoms with van der Waals surface area (Å²) in [5, 5.41) is 0.331. The Morgan fingerprint density at radius 1 is 1.70 bits per heavy atom. The van der Waals surface area contributed by atoms with Gasteiger partial charge in [-0.05, 0) is 40.6 Å². The molecule has 2 nitrogen and oxygen atoms in total. The van der Waals surface area contributed by atoms with E-state index in [-0.39, 0.29) is 0 Å². The minimum Gasteiger partial charge on any atom is -0.225 e. The van der Waals surface area contributed by atoms with Gasteiger partial charge in [0.25, 0.3) is 0 Å². The van der Waals surface area contributed by atoms with E-state index in [9.17, 15) is 0 Å². The average molecular weight is 268 g/mol. The van der Waals surface area contributed by atoms with Crippen LogP contribution in [0.5, 0.6) is 0 Å². The van der Waals surface area contributed by atoms with Crippen molar-refractivity contribution < 1.29 is 0 Å². The maximum absolute atomic E-state index is 5.57. The van der Waals surface area contributed by atoms with Crippen LogP contribution < -0.4 is 0 Å². The molecule has 0 bridgehead atoms. The summed E-state index contributed by atoms with van der Waals surface area (Å²) in [7, 11) is 0. The molecule has 0 N–H and O–H groups in total. The van der Waals surface area contributed by atoms with Crippen molar-refractivity contribution in [1.82, 2.24) is 9.97 Å². The zero-order valence-corrected chi connectivity index (χ0v) is 8.35. The lowest BCUT2D eigenvalue weighted by Crippen LogP contribution is -1.93. The highest BCUT2D eigenvalue weighted by Crippen LogP contribution is 2.10. The van der Waals surface area contributed by atoms with Gasteiger partial charge >= 0.3 is 0 Å². The molecule has 10 heavy (non-hydrogen) atoms. The van der Waals surface area contributed by atoms with E-state index in [1.807, 2.05) is 6.92 Å². The van der Waals surface area contributed by atoms with Crippen LogP contribution in [0.25, 0.3) is 0 Å². The molecule has 0 atom stereocenters. The first kappa shape index (κ1) is 8.20. The van der Waals surface area contributed by atoms with Gasteiger partial charge in [0.05, 0.1) is 9.26 Å². The molecule has 54 valence electrons. The molecule has 0 spiro atoms. The molecule has 0 saturated heterocycles. The number of nitrogens with zero attached hydrogens (tertiary/aromatic N) is 2. The zero-order valence-electron chi connectivity index (χ0n) is 5.43. The van der Waals surface area contributed by atoms with Gasteiger partial charge in [0.2, 0.25) is 5.28 Å². The van der Waals surface area contributed by atoms with Crippen LogP contribution >= 0.6 is 34.2 Å². The van der Waals surface area contributed by atoms with Gasteiger partial charge < -0.3 is 0 Å². The molecule has 0 aliphatic carbocycles. The third-order valence-electron chi connectivity index (χ3n) is 1.12. The molecular weight excluding hydrogens is 262 g/mol. The first-order valence-electron chi connectivity index (χ1n) is 2.91. The van der Waals surface area contributed by atoms with Crippen LogP contribution in [-0.2, 0) is 6.42 Å². The molecule has 1 heterocycles. The Hall–Kier alpha value is 0.100. The molecule has 0 fully saturated rings. The topological polar surface area (TPSA) is 25.8 Å². The number of aryl methyl sites for hydroxylation is 1. The summed E-state index contributed by atoms with van der Waals surface area (Å²) in [5.41, 5.74) is 1.01. The number of hydrogen-bond donors (Lipinski definition) is 0. The van der Waals surface area contributed by atoms with E-state index >= 15 is 0 Å². The van der Waals surface area contributed by atoms with Crippen LogP contribution in [-0.4, -0.2) is 9.97 Å². The fourth-order valence-corrected chi connectivity index (χ4v) is 1.42. The molecule has 1 aromatic rings. The molecule has 0 aliphatic rings. The van der Waals surface area contributed by atoms with E-state index in [2.05, 4.69) is 32.6 Å². The number of halogens is 2. The quantitative estimate of drug-likeness (QED) is 0.577. The second-order valence-corrected chi connectivity index (χ2v) is 3.29. The Balaban J connectivity index is 3.09. The van der Waals surface area contributed by atoms with Gasteiger partial charge in [-0.1, -0.05) is 6.92 Å². The van der Waals surface area contributed by atoms with Gasteiger partial charge in [-0.15, -0.1) is 0 Å². The van der Waals surface area contributed by atoms with Crippen molar-refractivity contribution >= 4 is 34.2 Å². The van der Waals surface area contributed by atoms with E-state index in [4.69, 9.17) is 11.6 Å². The van der Waals surface area contributed by atoms with Gasteiger partial charge in [-0.2, -0.15) is 0 Å². The van der Waals surface area contributed by atoms with E-state index in [0.29, 0.717) is 5.28 Å². The van der Waals surface area contributed by atoms with Gasteiger partial charge in [0, 0.05) is 6.20 Å². The van der Waals surface area contributed by atoms with Crippen molar-refractivity contribution in [2.45, 2.75) is 13.3 Å². The van der Waals surface area contributed by atoms with E-state index < -0.39 is 0 Å². The summed E-state index contributed by atoms with van der Waals surface area (Å²) in [5.74, 6) is 0. The predicted octanol–water partition coefficient (Wildman–Crippen LogP) is 2.30. The second-order valence-electron chi connectivity index (χ2n) is 1.79. The summed E-state index contributed by atoms with van der Waals surface area (Å²) >= 11 is 7.76. The Labute approximate surface area is 78.2 Å². The molecule has 0 aliphatic heterocycles. The monoisotopic (exact) mass is 268 g/mol. The zero-order chi connectivity index (χ0) is 7.56. The fourth-order valence-electron chi connectivity index (χ4n) is 0.626. The smallest absolute Gasteiger partial charge is 0.222 e. The molecule has 4 heteroatoms. The van der Waals surface area contributed by atoms with E-state index in [1.165, 1.54) is 0 Å². The maximum Gasteiger partial charge on any atom is 0.222 e. The summed E-state index contributed by atoms with van der Waals surface area (Å²) in [4.78, 5) is 7.87. The Morgan fingerprint density at radius 3 is 2.90 bits per heavy atom. The molecule has 0 radical (unpaired) electrons. The highest BCUT2D eigenvalue weighted by molar-refractivity contribution is 14.1. The third kappa shape index (κ3) is 1.79. The standard InChI is InChI=1S/C6H6ClIN2/c1-2-5-4(8)3-9-6(7)10-5/h3H,2H2,1H3. The largest absolute Gasteiger partial charge is 0.225 e. The summed E-state index contributed by atoms with van der Waals surface area (Å²) < 4.78 is 1.07. The molecule has 0 saturated carbocycles. The van der Waals surface area contributed by atoms with Crippen LogP contribution in [0.2, 0.25) is 5.28 Å². The van der Waals surface area contributed by atoms with Gasteiger partial charge in [0.1, 0.15) is 0 Å². The SMILES string of the molecule is CCc1nc(Cl)ncc1I. The Bertz CT molecular complexity index is 239. The minimum atomic E-state index is 0.331. The van der Waals surface area contributed by atoms with Crippen LogP contribution in [0.4, 0.5) is 0 Å². The molecular formula is C6H6ClIN2. The van der Waals surface area contributed by atoms with Crippen molar-refractivity contribution in [2.75, 3.05) is 0 Å². The van der Waals surface area contributed by atoms with Crippen LogP contribution in [0.15, 0.2) is 6.20 Å². The van der Waals surface area contributed by atoms with Crippen molar-refractivity contribution in [1.29, 1.82) is 0 Å². The van der Waals surface area contributed by atoms with Crippen molar-refractivity contribution in [3.05, 3.63) is 20.7 Å². The van der Waals surface area contributed by atoms with Gasteiger partial charge in [-0.25, -0.2) is 9.97 Å².